The van der Waals surface area contributed by atoms with Gasteiger partial charge >= 0.3 is 0 Å². The fraction of sp³-hybridized carbons (Fsp3) is 0.207. The van der Waals surface area contributed by atoms with Crippen LogP contribution in [-0.2, 0) is 0 Å². The van der Waals surface area contributed by atoms with Crippen molar-refractivity contribution in [3.63, 3.8) is 0 Å². The quantitative estimate of drug-likeness (QED) is 0.293. The minimum Gasteiger partial charge on any atom is -0.495 e. The van der Waals surface area contributed by atoms with Crippen LogP contribution in [0, 0.1) is 18.6 Å². The van der Waals surface area contributed by atoms with E-state index >= 15 is 0 Å². The molecule has 0 spiro atoms. The van der Waals surface area contributed by atoms with Gasteiger partial charge in [-0.15, -0.1) is 5.10 Å². The van der Waals surface area contributed by atoms with Crippen molar-refractivity contribution in [1.82, 2.24) is 29.4 Å². The third kappa shape index (κ3) is 4.56. The number of aryl methyl sites for hydroxylation is 1. The molecule has 0 bridgehead atoms. The number of imidazole rings is 1. The molecule has 0 atom stereocenters. The lowest BCUT2D eigenvalue weighted by molar-refractivity contribution is 0.0671. The van der Waals surface area contributed by atoms with E-state index in [1.165, 1.54) is 24.3 Å². The Morgan fingerprint density at radius 1 is 0.895 bits per heavy atom. The summed E-state index contributed by atoms with van der Waals surface area (Å²) in [5.41, 5.74) is 5.39. The third-order valence-corrected chi connectivity index (χ3v) is 6.98. The van der Waals surface area contributed by atoms with Crippen LogP contribution in [0.1, 0.15) is 28.9 Å². The van der Waals surface area contributed by atoms with Crippen molar-refractivity contribution < 1.29 is 13.5 Å². The van der Waals surface area contributed by atoms with Crippen molar-refractivity contribution >= 4 is 0 Å². The van der Waals surface area contributed by atoms with Crippen molar-refractivity contribution in [1.29, 1.82) is 0 Å². The summed E-state index contributed by atoms with van der Waals surface area (Å²) >= 11 is 0. The van der Waals surface area contributed by atoms with Crippen molar-refractivity contribution in [2.75, 3.05) is 20.2 Å². The summed E-state index contributed by atoms with van der Waals surface area (Å²) in [7, 11) is 1.64. The molecule has 1 aliphatic rings. The monoisotopic (exact) mass is 512 g/mol. The second-order valence-corrected chi connectivity index (χ2v) is 9.51. The number of methoxy groups -OCH3 is 1. The largest absolute Gasteiger partial charge is 0.495 e. The normalized spacial score (nSPS) is 14.1. The van der Waals surface area contributed by atoms with Gasteiger partial charge in [-0.05, 0) is 54.4 Å². The first-order valence-electron chi connectivity index (χ1n) is 12.3. The minimum atomic E-state index is -0.284. The number of likely N-dealkylation sites (tertiary alicyclic amines) is 1. The Balaban J connectivity index is 1.21. The van der Waals surface area contributed by atoms with E-state index in [0.29, 0.717) is 5.75 Å². The van der Waals surface area contributed by atoms with E-state index in [1.807, 2.05) is 46.8 Å². The van der Waals surface area contributed by atoms with Gasteiger partial charge in [-0.25, -0.2) is 18.4 Å². The number of hydrogen-bond acceptors (Lipinski definition) is 5. The first-order chi connectivity index (χ1) is 18.5. The zero-order valence-corrected chi connectivity index (χ0v) is 21.0. The molecule has 0 N–H and O–H groups in total. The zero-order valence-electron chi connectivity index (χ0n) is 21.0. The summed E-state index contributed by atoms with van der Waals surface area (Å²) in [5, 5.41) is 8.81. The Bertz CT molecular complexity index is 1510. The molecule has 9 heteroatoms. The summed E-state index contributed by atoms with van der Waals surface area (Å²) in [6.07, 6.45) is 5.65. The van der Waals surface area contributed by atoms with Crippen LogP contribution in [0.15, 0.2) is 85.5 Å². The molecule has 0 unspecified atom stereocenters. The van der Waals surface area contributed by atoms with Crippen LogP contribution >= 0.6 is 0 Å². The maximum atomic E-state index is 13.6. The Morgan fingerprint density at radius 2 is 1.55 bits per heavy atom. The summed E-state index contributed by atoms with van der Waals surface area (Å²) in [4.78, 5) is 6.57. The van der Waals surface area contributed by atoms with Crippen molar-refractivity contribution in [2.24, 2.45) is 0 Å². The van der Waals surface area contributed by atoms with Gasteiger partial charge in [-0.3, -0.25) is 4.90 Å². The van der Waals surface area contributed by atoms with E-state index in [0.717, 1.165) is 46.9 Å². The molecular weight excluding hydrogens is 486 g/mol. The SMILES string of the molecule is COc1cc(-c2cn(C3CN(C(c4ccc(F)cc4)c4ccc(F)cc4)C3)nn2)ccc1-n1cnc(C)c1. The summed E-state index contributed by atoms with van der Waals surface area (Å²) < 4.78 is 36.6. The van der Waals surface area contributed by atoms with Crippen LogP contribution in [0.2, 0.25) is 0 Å². The second-order valence-electron chi connectivity index (χ2n) is 9.51. The van der Waals surface area contributed by atoms with Crippen LogP contribution in [0.5, 0.6) is 5.75 Å². The van der Waals surface area contributed by atoms with Gasteiger partial charge < -0.3 is 9.30 Å². The van der Waals surface area contributed by atoms with Gasteiger partial charge in [0.25, 0.3) is 0 Å². The average Bonchev–Trinajstić information content (AvgIpc) is 3.56. The highest BCUT2D eigenvalue weighted by atomic mass is 19.1. The number of rotatable bonds is 7. The van der Waals surface area contributed by atoms with Gasteiger partial charge in [0.2, 0.25) is 0 Å². The molecule has 0 saturated carbocycles. The Morgan fingerprint density at radius 3 is 2.13 bits per heavy atom. The van der Waals surface area contributed by atoms with Gasteiger partial charge in [0.05, 0.1) is 43.1 Å². The molecular formula is C29H26F2N6O. The molecule has 0 radical (unpaired) electrons. The van der Waals surface area contributed by atoms with Gasteiger partial charge in [0, 0.05) is 24.8 Å². The van der Waals surface area contributed by atoms with Crippen LogP contribution < -0.4 is 4.74 Å². The Hall–Kier alpha value is -4.37. The molecule has 7 nitrogen and oxygen atoms in total. The van der Waals surface area contributed by atoms with E-state index < -0.39 is 0 Å². The van der Waals surface area contributed by atoms with E-state index in [-0.39, 0.29) is 23.7 Å². The second kappa shape index (κ2) is 9.83. The average molecular weight is 513 g/mol. The van der Waals surface area contributed by atoms with E-state index in [2.05, 4.69) is 20.2 Å². The van der Waals surface area contributed by atoms with Crippen molar-refractivity contribution in [3.8, 4) is 22.7 Å². The summed E-state index contributed by atoms with van der Waals surface area (Å²) in [5.74, 6) is 0.145. The highest BCUT2D eigenvalue weighted by Gasteiger charge is 2.36. The third-order valence-electron chi connectivity index (χ3n) is 6.98. The van der Waals surface area contributed by atoms with Crippen LogP contribution in [0.3, 0.4) is 0 Å². The maximum absolute atomic E-state index is 13.6. The van der Waals surface area contributed by atoms with Gasteiger partial charge in [-0.2, -0.15) is 0 Å². The highest BCUT2D eigenvalue weighted by molar-refractivity contribution is 5.64. The standard InChI is InChI=1S/C29H26F2N6O/c1-19-14-36(18-32-19)27-12-7-22(13-28(27)38-2)26-17-37(34-33-26)25-15-35(16-25)29(20-3-8-23(30)9-4-20)21-5-10-24(31)11-6-21/h3-14,17-18,25,29H,15-16H2,1-2H3. The first-order valence-corrected chi connectivity index (χ1v) is 12.3. The molecule has 1 fully saturated rings. The number of halogens is 2. The Kier molecular flexibility index (Phi) is 6.21. The van der Waals surface area contributed by atoms with Crippen LogP contribution in [-0.4, -0.2) is 49.6 Å². The smallest absolute Gasteiger partial charge is 0.143 e. The maximum Gasteiger partial charge on any atom is 0.143 e. The Labute approximate surface area is 218 Å². The van der Waals surface area contributed by atoms with E-state index in [4.69, 9.17) is 4.74 Å². The summed E-state index contributed by atoms with van der Waals surface area (Å²) in [6.45, 7) is 3.40. The molecule has 0 aliphatic carbocycles. The molecule has 5 aromatic rings. The minimum absolute atomic E-state index is 0.112. The molecule has 38 heavy (non-hydrogen) atoms. The van der Waals surface area contributed by atoms with E-state index in [9.17, 15) is 8.78 Å². The van der Waals surface area contributed by atoms with Gasteiger partial charge in [-0.1, -0.05) is 35.5 Å². The molecule has 6 rings (SSSR count). The molecule has 1 saturated heterocycles. The summed E-state index contributed by atoms with van der Waals surface area (Å²) in [6, 6.07) is 18.9. The zero-order chi connectivity index (χ0) is 26.2. The molecule has 3 heterocycles. The van der Waals surface area contributed by atoms with Gasteiger partial charge in [0.15, 0.2) is 0 Å². The van der Waals surface area contributed by atoms with E-state index in [1.54, 1.807) is 37.7 Å². The first kappa shape index (κ1) is 24.0. The molecule has 192 valence electrons. The predicted molar refractivity (Wildman–Crippen MR) is 139 cm³/mol. The molecule has 2 aromatic heterocycles. The number of hydrogen-bond donors (Lipinski definition) is 0. The lowest BCUT2D eigenvalue weighted by Gasteiger charge is -2.44. The fourth-order valence-corrected chi connectivity index (χ4v) is 4.96. The van der Waals surface area contributed by atoms with Crippen LogP contribution in [0.4, 0.5) is 8.78 Å². The van der Waals surface area contributed by atoms with Crippen molar-refractivity contribution in [3.05, 3.63) is 114 Å². The predicted octanol–water partition coefficient (Wildman–Crippen LogP) is 5.37. The molecule has 1 aliphatic heterocycles. The number of benzene rings is 3. The fourth-order valence-electron chi connectivity index (χ4n) is 4.96. The topological polar surface area (TPSA) is 61.0 Å². The van der Waals surface area contributed by atoms with Gasteiger partial charge in [0.1, 0.15) is 23.1 Å². The number of nitrogens with zero attached hydrogens (tertiary/aromatic N) is 6. The highest BCUT2D eigenvalue weighted by Crippen LogP contribution is 2.37. The van der Waals surface area contributed by atoms with Crippen molar-refractivity contribution in [2.45, 2.75) is 19.0 Å². The molecule has 3 aromatic carbocycles. The molecule has 0 amide bonds. The number of ether oxygens (including phenoxy) is 1. The number of aromatic nitrogens is 5. The lowest BCUT2D eigenvalue weighted by Crippen LogP contribution is -2.49. The lowest BCUT2D eigenvalue weighted by atomic mass is 9.93. The van der Waals surface area contributed by atoms with Crippen LogP contribution in [0.25, 0.3) is 16.9 Å².